The summed E-state index contributed by atoms with van der Waals surface area (Å²) < 4.78 is 71.5. The van der Waals surface area contributed by atoms with Crippen LogP contribution in [0.4, 0.5) is 27.6 Å². The highest BCUT2D eigenvalue weighted by molar-refractivity contribution is 6.30. The molecule has 1 aliphatic carbocycles. The lowest BCUT2D eigenvalue weighted by molar-refractivity contribution is -0.138. The van der Waals surface area contributed by atoms with Gasteiger partial charge >= 0.3 is 6.18 Å². The second-order valence-corrected chi connectivity index (χ2v) is 9.81. The Hall–Kier alpha value is -3.87. The Morgan fingerprint density at radius 3 is 2.56 bits per heavy atom. The molecule has 0 unspecified atom stereocenters. The molecule has 0 bridgehead atoms. The summed E-state index contributed by atoms with van der Waals surface area (Å²) in [6.45, 7) is 0.149. The van der Waals surface area contributed by atoms with Crippen molar-refractivity contribution in [3.63, 3.8) is 0 Å². The van der Waals surface area contributed by atoms with E-state index < -0.39 is 51.6 Å². The Morgan fingerprint density at radius 1 is 1.10 bits per heavy atom. The van der Waals surface area contributed by atoms with Gasteiger partial charge in [0, 0.05) is 31.2 Å². The van der Waals surface area contributed by atoms with Crippen LogP contribution in [0.25, 0.3) is 22.2 Å². The summed E-state index contributed by atoms with van der Waals surface area (Å²) in [7, 11) is 0. The molecule has 5 rings (SSSR count). The van der Waals surface area contributed by atoms with Crippen LogP contribution >= 0.6 is 11.6 Å². The van der Waals surface area contributed by atoms with E-state index in [0.29, 0.717) is 25.7 Å². The number of nitrogens with zero attached hydrogens (tertiary/aromatic N) is 4. The minimum atomic E-state index is -4.87. The lowest BCUT2D eigenvalue weighted by Crippen LogP contribution is -2.33. The summed E-state index contributed by atoms with van der Waals surface area (Å²) in [5.41, 5.74) is -4.07. The van der Waals surface area contributed by atoms with Gasteiger partial charge in [-0.2, -0.15) is 18.3 Å². The topological polar surface area (TPSA) is 106 Å². The van der Waals surface area contributed by atoms with E-state index >= 15 is 4.39 Å². The third kappa shape index (κ3) is 5.35. The molecule has 39 heavy (non-hydrogen) atoms. The zero-order valence-electron chi connectivity index (χ0n) is 20.0. The maximum atomic E-state index is 15.1. The van der Waals surface area contributed by atoms with Crippen LogP contribution in [0.2, 0.25) is 5.02 Å². The van der Waals surface area contributed by atoms with Gasteiger partial charge in [0.2, 0.25) is 0 Å². The third-order valence-corrected chi connectivity index (χ3v) is 6.94. The largest absolute Gasteiger partial charge is 0.423 e. The Morgan fingerprint density at radius 2 is 1.85 bits per heavy atom. The number of fused-ring (bicyclic) bond motifs is 1. The van der Waals surface area contributed by atoms with E-state index in [4.69, 9.17) is 11.6 Å². The second-order valence-electron chi connectivity index (χ2n) is 9.37. The van der Waals surface area contributed by atoms with E-state index in [1.165, 1.54) is 35.3 Å². The number of H-pyrrole nitrogens is 1. The van der Waals surface area contributed by atoms with Gasteiger partial charge < -0.3 is 9.88 Å². The van der Waals surface area contributed by atoms with Crippen LogP contribution in [-0.2, 0) is 12.7 Å². The van der Waals surface area contributed by atoms with Gasteiger partial charge in [0.1, 0.15) is 5.56 Å². The lowest BCUT2D eigenvalue weighted by Gasteiger charge is -2.31. The van der Waals surface area contributed by atoms with Crippen LogP contribution in [0, 0.1) is 17.6 Å². The molecule has 1 saturated carbocycles. The van der Waals surface area contributed by atoms with E-state index in [9.17, 15) is 27.2 Å². The van der Waals surface area contributed by atoms with Gasteiger partial charge in [-0.1, -0.05) is 18.0 Å². The van der Waals surface area contributed by atoms with E-state index in [-0.39, 0.29) is 34.3 Å². The monoisotopic (exact) mass is 566 g/mol. The predicted octanol–water partition coefficient (Wildman–Crippen LogP) is 5.16. The Labute approximate surface area is 221 Å². The molecule has 0 saturated heterocycles. The van der Waals surface area contributed by atoms with Gasteiger partial charge in [0.25, 0.3) is 11.1 Å². The van der Waals surface area contributed by atoms with Gasteiger partial charge in [-0.3, -0.25) is 9.59 Å². The molecule has 3 heterocycles. The second kappa shape index (κ2) is 10.4. The maximum absolute atomic E-state index is 15.1. The first-order valence-corrected chi connectivity index (χ1v) is 12.3. The summed E-state index contributed by atoms with van der Waals surface area (Å²) in [5, 5.41) is 8.00. The summed E-state index contributed by atoms with van der Waals surface area (Å²) in [6.07, 6.45) is 2.25. The standard InChI is InChI=1S/C25H20ClF5N6O2/c26-14-8-32-22(33-9-14)16-7-13-4-5-37(24(39)18(13)21(28)20(16)27)11-12-2-1-3-15(6-12)35-17-10-34-36-23(38)19(17)25(29,30)31/h4-5,7-10,12,15H,1-3,6,11H2,(H2,35,36,38)/t12-,15+/m1/s1. The molecule has 8 nitrogen and oxygen atoms in total. The number of hydrogen-bond acceptors (Lipinski definition) is 6. The number of anilines is 1. The fourth-order valence-corrected chi connectivity index (χ4v) is 5.11. The normalized spacial score (nSPS) is 17.9. The Bertz CT molecular complexity index is 1650. The molecular weight excluding hydrogens is 547 g/mol. The molecule has 3 aromatic heterocycles. The summed E-state index contributed by atoms with van der Waals surface area (Å²) >= 11 is 5.76. The number of aromatic amines is 1. The molecule has 204 valence electrons. The van der Waals surface area contributed by atoms with Crippen LogP contribution in [0.5, 0.6) is 0 Å². The number of halogens is 6. The van der Waals surface area contributed by atoms with Crippen molar-refractivity contribution < 1.29 is 22.0 Å². The average molecular weight is 567 g/mol. The summed E-state index contributed by atoms with van der Waals surface area (Å²) in [6, 6.07) is 2.35. The van der Waals surface area contributed by atoms with Crippen molar-refractivity contribution in [2.45, 2.75) is 44.4 Å². The van der Waals surface area contributed by atoms with E-state index in [0.717, 1.165) is 6.20 Å². The molecule has 0 spiro atoms. The highest BCUT2D eigenvalue weighted by Crippen LogP contribution is 2.34. The molecule has 14 heteroatoms. The number of pyridine rings is 1. The molecular formula is C25H20ClF5N6O2. The minimum Gasteiger partial charge on any atom is -0.380 e. The molecule has 1 aromatic carbocycles. The number of nitrogens with one attached hydrogen (secondary N) is 2. The molecule has 2 N–H and O–H groups in total. The van der Waals surface area contributed by atoms with Gasteiger partial charge in [-0.25, -0.2) is 23.8 Å². The van der Waals surface area contributed by atoms with E-state index in [1.807, 2.05) is 0 Å². The number of benzene rings is 1. The van der Waals surface area contributed by atoms with Crippen molar-refractivity contribution >= 4 is 28.1 Å². The summed E-state index contributed by atoms with van der Waals surface area (Å²) in [5.74, 6) is -2.84. The zero-order chi connectivity index (χ0) is 27.9. The highest BCUT2D eigenvalue weighted by Gasteiger charge is 2.38. The Kier molecular flexibility index (Phi) is 7.10. The van der Waals surface area contributed by atoms with Gasteiger partial charge in [0.05, 0.1) is 27.9 Å². The van der Waals surface area contributed by atoms with Crippen molar-refractivity contribution in [1.82, 2.24) is 24.7 Å². The molecule has 2 atom stereocenters. The first kappa shape index (κ1) is 26.7. The number of aromatic nitrogens is 5. The third-order valence-electron chi connectivity index (χ3n) is 6.74. The fourth-order valence-electron chi connectivity index (χ4n) is 5.01. The molecule has 1 fully saturated rings. The minimum absolute atomic E-state index is 0.0908. The smallest absolute Gasteiger partial charge is 0.380 e. The fraction of sp³-hybridized carbons (Fsp3) is 0.320. The zero-order valence-corrected chi connectivity index (χ0v) is 20.8. The van der Waals surface area contributed by atoms with Crippen molar-refractivity contribution in [1.29, 1.82) is 0 Å². The number of alkyl halides is 3. The van der Waals surface area contributed by atoms with Crippen LogP contribution in [0.3, 0.4) is 0 Å². The predicted molar refractivity (Wildman–Crippen MR) is 133 cm³/mol. The van der Waals surface area contributed by atoms with Crippen LogP contribution in [0.1, 0.15) is 31.2 Å². The average Bonchev–Trinajstić information content (AvgIpc) is 2.88. The quantitative estimate of drug-likeness (QED) is 0.323. The van der Waals surface area contributed by atoms with E-state index in [1.54, 1.807) is 5.10 Å². The highest BCUT2D eigenvalue weighted by atomic mass is 35.5. The van der Waals surface area contributed by atoms with Crippen molar-refractivity contribution in [3.8, 4) is 11.4 Å². The first-order chi connectivity index (χ1) is 18.5. The van der Waals surface area contributed by atoms with Crippen molar-refractivity contribution in [3.05, 3.63) is 79.8 Å². The summed E-state index contributed by atoms with van der Waals surface area (Å²) in [4.78, 5) is 32.7. The van der Waals surface area contributed by atoms with Crippen molar-refractivity contribution in [2.24, 2.45) is 5.92 Å². The number of rotatable bonds is 5. The SMILES string of the molecule is O=c1[nH]ncc(N[C@H]2CCC[C@@H](Cn3ccc4cc(-c5ncc(Cl)cn5)c(F)c(F)c4c3=O)C2)c1C(F)(F)F. The molecule has 0 aliphatic heterocycles. The molecule has 0 amide bonds. The van der Waals surface area contributed by atoms with Crippen LogP contribution in [0.15, 0.2) is 46.5 Å². The molecule has 0 radical (unpaired) electrons. The molecule has 4 aromatic rings. The van der Waals surface area contributed by atoms with Gasteiger partial charge in [0.15, 0.2) is 17.5 Å². The van der Waals surface area contributed by atoms with Crippen molar-refractivity contribution in [2.75, 3.05) is 5.32 Å². The Balaban J connectivity index is 1.39. The first-order valence-electron chi connectivity index (χ1n) is 11.9. The molecule has 1 aliphatic rings. The van der Waals surface area contributed by atoms with Gasteiger partial charge in [-0.05, 0) is 42.7 Å². The maximum Gasteiger partial charge on any atom is 0.423 e. The number of hydrogen-bond donors (Lipinski definition) is 2. The lowest BCUT2D eigenvalue weighted by atomic mass is 9.85. The van der Waals surface area contributed by atoms with Gasteiger partial charge in [-0.15, -0.1) is 0 Å². The van der Waals surface area contributed by atoms with Crippen LogP contribution in [-0.4, -0.2) is 30.8 Å². The van der Waals surface area contributed by atoms with Crippen LogP contribution < -0.4 is 16.4 Å². The van der Waals surface area contributed by atoms with E-state index in [2.05, 4.69) is 20.4 Å².